The van der Waals surface area contributed by atoms with Crippen LogP contribution in [0.4, 0.5) is 5.69 Å². The molecule has 4 rings (SSSR count). The predicted octanol–water partition coefficient (Wildman–Crippen LogP) is 5.46. The van der Waals surface area contributed by atoms with Gasteiger partial charge in [-0.3, -0.25) is 9.59 Å². The summed E-state index contributed by atoms with van der Waals surface area (Å²) in [6.45, 7) is 1.14. The first kappa shape index (κ1) is 22.0. The zero-order valence-electron chi connectivity index (χ0n) is 17.3. The Bertz CT molecular complexity index is 1240. The molecule has 0 bridgehead atoms. The summed E-state index contributed by atoms with van der Waals surface area (Å²) in [5.74, 6) is 0.101. The third-order valence-electron chi connectivity index (χ3n) is 4.89. The molecular formula is C25H22ClN3O2S. The van der Waals surface area contributed by atoms with Crippen LogP contribution in [-0.4, -0.2) is 28.7 Å². The minimum absolute atomic E-state index is 0.0886. The van der Waals surface area contributed by atoms with Crippen LogP contribution in [0.5, 0.6) is 0 Å². The lowest BCUT2D eigenvalue weighted by Gasteiger charge is -2.07. The normalized spacial score (nSPS) is 10.8. The van der Waals surface area contributed by atoms with Gasteiger partial charge in [0.05, 0.1) is 5.75 Å². The Labute approximate surface area is 195 Å². The predicted molar refractivity (Wildman–Crippen MR) is 132 cm³/mol. The van der Waals surface area contributed by atoms with Gasteiger partial charge in [-0.05, 0) is 36.4 Å². The van der Waals surface area contributed by atoms with E-state index in [0.29, 0.717) is 29.4 Å². The van der Waals surface area contributed by atoms with E-state index in [0.717, 1.165) is 15.8 Å². The van der Waals surface area contributed by atoms with Gasteiger partial charge in [-0.15, -0.1) is 11.8 Å². The molecule has 0 atom stereocenters. The van der Waals surface area contributed by atoms with Crippen LogP contribution in [0.25, 0.3) is 10.9 Å². The maximum absolute atomic E-state index is 12.4. The molecule has 32 heavy (non-hydrogen) atoms. The summed E-state index contributed by atoms with van der Waals surface area (Å²) in [4.78, 5) is 25.7. The maximum Gasteiger partial charge on any atom is 0.251 e. The lowest BCUT2D eigenvalue weighted by Crippen LogP contribution is -2.26. The van der Waals surface area contributed by atoms with Crippen LogP contribution in [0.2, 0.25) is 5.02 Å². The summed E-state index contributed by atoms with van der Waals surface area (Å²) in [6, 6.07) is 24.3. The molecule has 5 nitrogen and oxygen atoms in total. The van der Waals surface area contributed by atoms with Crippen LogP contribution in [0.1, 0.15) is 10.4 Å². The van der Waals surface area contributed by atoms with Crippen LogP contribution in [0, 0.1) is 0 Å². The number of carbonyl (C=O) groups is 2. The van der Waals surface area contributed by atoms with Crippen molar-refractivity contribution in [1.82, 2.24) is 9.88 Å². The fraction of sp³-hybridized carbons (Fsp3) is 0.120. The molecule has 0 saturated heterocycles. The molecule has 2 amide bonds. The number of amides is 2. The lowest BCUT2D eigenvalue weighted by atomic mass is 10.2. The molecule has 0 unspecified atom stereocenters. The third-order valence-corrected chi connectivity index (χ3v) is 6.17. The highest BCUT2D eigenvalue weighted by Gasteiger charge is 2.12. The second-order valence-corrected chi connectivity index (χ2v) is 8.63. The van der Waals surface area contributed by atoms with Crippen LogP contribution in [-0.2, 0) is 11.3 Å². The van der Waals surface area contributed by atoms with E-state index in [1.54, 1.807) is 30.3 Å². The van der Waals surface area contributed by atoms with E-state index < -0.39 is 0 Å². The molecular weight excluding hydrogens is 442 g/mol. The highest BCUT2D eigenvalue weighted by atomic mass is 35.5. The van der Waals surface area contributed by atoms with Gasteiger partial charge in [0.2, 0.25) is 5.91 Å². The second kappa shape index (κ2) is 10.4. The van der Waals surface area contributed by atoms with Crippen LogP contribution in [0.3, 0.4) is 0 Å². The van der Waals surface area contributed by atoms with Crippen molar-refractivity contribution < 1.29 is 9.59 Å². The number of thioether (sulfide) groups is 1. The van der Waals surface area contributed by atoms with E-state index in [9.17, 15) is 9.59 Å². The maximum atomic E-state index is 12.4. The number of nitrogens with one attached hydrogen (secondary N) is 2. The van der Waals surface area contributed by atoms with Crippen LogP contribution in [0.15, 0.2) is 90.0 Å². The Morgan fingerprint density at radius 1 is 0.938 bits per heavy atom. The van der Waals surface area contributed by atoms with E-state index in [4.69, 9.17) is 11.6 Å². The first-order chi connectivity index (χ1) is 15.6. The number of anilines is 1. The highest BCUT2D eigenvalue weighted by molar-refractivity contribution is 8.00. The largest absolute Gasteiger partial charge is 0.350 e. The van der Waals surface area contributed by atoms with Gasteiger partial charge >= 0.3 is 0 Å². The third kappa shape index (κ3) is 5.52. The zero-order chi connectivity index (χ0) is 22.3. The monoisotopic (exact) mass is 463 g/mol. The SMILES string of the molecule is O=C(CSc1cn(CCNC(=O)c2ccccc2)c2ccccc12)Nc1cccc(Cl)c1. The van der Waals surface area contributed by atoms with E-state index in [-0.39, 0.29) is 17.6 Å². The molecule has 0 radical (unpaired) electrons. The summed E-state index contributed by atoms with van der Waals surface area (Å²) in [6.07, 6.45) is 2.04. The molecule has 4 aromatic rings. The van der Waals surface area contributed by atoms with Crippen molar-refractivity contribution in [3.63, 3.8) is 0 Å². The molecule has 0 saturated carbocycles. The number of benzene rings is 3. The molecule has 162 valence electrons. The number of fused-ring (bicyclic) bond motifs is 1. The minimum Gasteiger partial charge on any atom is -0.350 e. The topological polar surface area (TPSA) is 63.1 Å². The van der Waals surface area contributed by atoms with Gasteiger partial charge in [-0.25, -0.2) is 0 Å². The number of aromatic nitrogens is 1. The first-order valence-corrected chi connectivity index (χ1v) is 11.6. The molecule has 0 aliphatic carbocycles. The Hall–Kier alpha value is -3.22. The summed E-state index contributed by atoms with van der Waals surface area (Å²) >= 11 is 7.47. The summed E-state index contributed by atoms with van der Waals surface area (Å²) < 4.78 is 2.11. The van der Waals surface area contributed by atoms with Crippen molar-refractivity contribution in [2.24, 2.45) is 0 Å². The van der Waals surface area contributed by atoms with Gasteiger partial charge in [0.1, 0.15) is 0 Å². The van der Waals surface area contributed by atoms with Crippen molar-refractivity contribution >= 4 is 51.8 Å². The van der Waals surface area contributed by atoms with Crippen molar-refractivity contribution in [2.45, 2.75) is 11.4 Å². The zero-order valence-corrected chi connectivity index (χ0v) is 18.8. The van der Waals surface area contributed by atoms with Crippen molar-refractivity contribution in [2.75, 3.05) is 17.6 Å². The smallest absolute Gasteiger partial charge is 0.251 e. The summed E-state index contributed by atoms with van der Waals surface area (Å²) in [5.41, 5.74) is 2.39. The Balaban J connectivity index is 1.38. The van der Waals surface area contributed by atoms with Gasteiger partial charge in [0, 0.05) is 51.4 Å². The fourth-order valence-electron chi connectivity index (χ4n) is 3.40. The number of hydrogen-bond acceptors (Lipinski definition) is 3. The molecule has 7 heteroatoms. The van der Waals surface area contributed by atoms with Crippen molar-refractivity contribution in [1.29, 1.82) is 0 Å². The van der Waals surface area contributed by atoms with Gasteiger partial charge in [0.25, 0.3) is 5.91 Å². The molecule has 0 aliphatic rings. The quantitative estimate of drug-likeness (QED) is 0.341. The second-order valence-electron chi connectivity index (χ2n) is 7.17. The van der Waals surface area contributed by atoms with Gasteiger partial charge in [0.15, 0.2) is 0 Å². The summed E-state index contributed by atoms with van der Waals surface area (Å²) in [5, 5.41) is 7.50. The number of carbonyl (C=O) groups excluding carboxylic acids is 2. The van der Waals surface area contributed by atoms with E-state index in [1.165, 1.54) is 11.8 Å². The number of rotatable bonds is 8. The average molecular weight is 464 g/mol. The molecule has 0 aliphatic heterocycles. The minimum atomic E-state index is -0.0933. The number of halogens is 1. The van der Waals surface area contributed by atoms with Crippen molar-refractivity contribution in [3.05, 3.63) is 95.6 Å². The van der Waals surface area contributed by atoms with Gasteiger partial charge in [-0.2, -0.15) is 0 Å². The number of para-hydroxylation sites is 1. The van der Waals surface area contributed by atoms with Crippen LogP contribution < -0.4 is 10.6 Å². The molecule has 0 spiro atoms. The molecule has 2 N–H and O–H groups in total. The fourth-order valence-corrected chi connectivity index (χ4v) is 4.48. The molecule has 1 heterocycles. The first-order valence-electron chi connectivity index (χ1n) is 10.2. The van der Waals surface area contributed by atoms with Gasteiger partial charge < -0.3 is 15.2 Å². The molecule has 3 aromatic carbocycles. The lowest BCUT2D eigenvalue weighted by molar-refractivity contribution is -0.113. The van der Waals surface area contributed by atoms with E-state index in [2.05, 4.69) is 15.2 Å². The van der Waals surface area contributed by atoms with Crippen molar-refractivity contribution in [3.8, 4) is 0 Å². The molecule has 1 aromatic heterocycles. The summed E-state index contributed by atoms with van der Waals surface area (Å²) in [7, 11) is 0. The number of nitrogens with zero attached hydrogens (tertiary/aromatic N) is 1. The van der Waals surface area contributed by atoms with Gasteiger partial charge in [-0.1, -0.05) is 54.1 Å². The molecule has 0 fully saturated rings. The standard InChI is InChI=1S/C25H22ClN3O2S/c26-19-9-6-10-20(15-19)28-24(30)17-32-23-16-29(22-12-5-4-11-21(22)23)14-13-27-25(31)18-7-2-1-3-8-18/h1-12,15-16H,13-14,17H2,(H,27,31)(H,28,30). The Morgan fingerprint density at radius 2 is 1.72 bits per heavy atom. The van der Waals surface area contributed by atoms with E-state index >= 15 is 0 Å². The Morgan fingerprint density at radius 3 is 2.53 bits per heavy atom. The number of hydrogen-bond donors (Lipinski definition) is 2. The highest BCUT2D eigenvalue weighted by Crippen LogP contribution is 2.30. The van der Waals surface area contributed by atoms with E-state index in [1.807, 2.05) is 54.7 Å². The Kier molecular flexibility index (Phi) is 7.14. The van der Waals surface area contributed by atoms with Crippen LogP contribution >= 0.6 is 23.4 Å². The average Bonchev–Trinajstić information content (AvgIpc) is 3.16.